The molecule has 0 fully saturated rings. The molecule has 0 spiro atoms. The molecule has 0 atom stereocenters. The van der Waals surface area contributed by atoms with Gasteiger partial charge in [0.2, 0.25) is 0 Å². The molecule has 0 unspecified atom stereocenters. The highest BCUT2D eigenvalue weighted by atomic mass is 16.5. The lowest BCUT2D eigenvalue weighted by Gasteiger charge is -2.27. The molecule has 3 N–H and O–H groups in total. The molecule has 0 saturated heterocycles. The van der Waals surface area contributed by atoms with E-state index >= 15 is 0 Å². The van der Waals surface area contributed by atoms with E-state index in [9.17, 15) is 4.79 Å². The summed E-state index contributed by atoms with van der Waals surface area (Å²) in [5, 5.41) is 3.31. The van der Waals surface area contributed by atoms with E-state index in [2.05, 4.69) is 5.32 Å². The number of ether oxygens (including phenoxy) is 1. The fourth-order valence-electron chi connectivity index (χ4n) is 1.83. The molecular formula is C14H23N3O2. The molecule has 0 saturated carbocycles. The Hall–Kier alpha value is -1.75. The van der Waals surface area contributed by atoms with Crippen LogP contribution in [0.5, 0.6) is 0 Å². The lowest BCUT2D eigenvalue weighted by molar-refractivity contribution is 0.0827. The standard InChI is InChI=1S/C14H23N3O2/c1-14(2,9-19-5)16-12-7-6-10(8-11(12)15)13(18)17(3)4/h6-8,16H,9,15H2,1-5H3. The third kappa shape index (κ3) is 4.13. The van der Waals surface area contributed by atoms with Crippen LogP contribution in [0.2, 0.25) is 0 Å². The van der Waals surface area contributed by atoms with Crippen molar-refractivity contribution >= 4 is 17.3 Å². The van der Waals surface area contributed by atoms with Crippen LogP contribution in [-0.4, -0.2) is 44.2 Å². The second-order valence-corrected chi connectivity index (χ2v) is 5.44. The maximum Gasteiger partial charge on any atom is 0.253 e. The molecule has 0 bridgehead atoms. The van der Waals surface area contributed by atoms with Gasteiger partial charge in [0.25, 0.3) is 5.91 Å². The van der Waals surface area contributed by atoms with Crippen molar-refractivity contribution in [2.75, 3.05) is 38.9 Å². The van der Waals surface area contributed by atoms with Crippen LogP contribution in [-0.2, 0) is 4.74 Å². The van der Waals surface area contributed by atoms with E-state index in [1.54, 1.807) is 33.3 Å². The Morgan fingerprint density at radius 2 is 2.05 bits per heavy atom. The first-order valence-electron chi connectivity index (χ1n) is 6.15. The van der Waals surface area contributed by atoms with Crippen LogP contribution in [0, 0.1) is 0 Å². The Labute approximate surface area is 114 Å². The zero-order valence-electron chi connectivity index (χ0n) is 12.3. The van der Waals surface area contributed by atoms with Gasteiger partial charge >= 0.3 is 0 Å². The second-order valence-electron chi connectivity index (χ2n) is 5.44. The molecule has 106 valence electrons. The highest BCUT2D eigenvalue weighted by Crippen LogP contribution is 2.24. The highest BCUT2D eigenvalue weighted by molar-refractivity contribution is 5.95. The van der Waals surface area contributed by atoms with Crippen molar-refractivity contribution < 1.29 is 9.53 Å². The number of hydrogen-bond donors (Lipinski definition) is 2. The Balaban J connectivity index is 2.92. The van der Waals surface area contributed by atoms with Crippen LogP contribution in [0.1, 0.15) is 24.2 Å². The number of nitrogens with two attached hydrogens (primary N) is 1. The lowest BCUT2D eigenvalue weighted by atomic mass is 10.1. The summed E-state index contributed by atoms with van der Waals surface area (Å²) in [7, 11) is 5.09. The summed E-state index contributed by atoms with van der Waals surface area (Å²) in [4.78, 5) is 13.4. The van der Waals surface area contributed by atoms with E-state index in [1.165, 1.54) is 4.90 Å². The van der Waals surface area contributed by atoms with E-state index in [0.717, 1.165) is 5.69 Å². The van der Waals surface area contributed by atoms with Gasteiger partial charge in [-0.3, -0.25) is 4.79 Å². The molecule has 0 heterocycles. The largest absolute Gasteiger partial charge is 0.397 e. The van der Waals surface area contributed by atoms with E-state index in [1.807, 2.05) is 19.9 Å². The van der Waals surface area contributed by atoms with Crippen LogP contribution in [0.3, 0.4) is 0 Å². The van der Waals surface area contributed by atoms with Gasteiger partial charge in [0.15, 0.2) is 0 Å². The van der Waals surface area contributed by atoms with Gasteiger partial charge in [-0.05, 0) is 32.0 Å². The zero-order valence-corrected chi connectivity index (χ0v) is 12.3. The number of nitrogens with one attached hydrogen (secondary N) is 1. The number of amides is 1. The minimum absolute atomic E-state index is 0.0607. The number of carbonyl (C=O) groups is 1. The first kappa shape index (κ1) is 15.3. The molecule has 1 amide bonds. The monoisotopic (exact) mass is 265 g/mol. The van der Waals surface area contributed by atoms with Gasteiger partial charge in [-0.25, -0.2) is 0 Å². The molecular weight excluding hydrogens is 242 g/mol. The Morgan fingerprint density at radius 3 is 2.53 bits per heavy atom. The third-order valence-electron chi connectivity index (χ3n) is 2.68. The number of rotatable bonds is 5. The fourth-order valence-corrected chi connectivity index (χ4v) is 1.83. The molecule has 5 heteroatoms. The van der Waals surface area contributed by atoms with E-state index in [4.69, 9.17) is 10.5 Å². The maximum absolute atomic E-state index is 11.8. The van der Waals surface area contributed by atoms with Gasteiger partial charge in [0.1, 0.15) is 0 Å². The molecule has 5 nitrogen and oxygen atoms in total. The predicted octanol–water partition coefficient (Wildman–Crippen LogP) is 1.81. The van der Waals surface area contributed by atoms with Crippen LogP contribution in [0.25, 0.3) is 0 Å². The molecule has 0 aliphatic carbocycles. The van der Waals surface area contributed by atoms with Gasteiger partial charge in [-0.1, -0.05) is 0 Å². The van der Waals surface area contributed by atoms with Gasteiger partial charge in [0, 0.05) is 26.8 Å². The Morgan fingerprint density at radius 1 is 1.42 bits per heavy atom. The summed E-state index contributed by atoms with van der Waals surface area (Å²) >= 11 is 0. The highest BCUT2D eigenvalue weighted by Gasteiger charge is 2.19. The average Bonchev–Trinajstić information content (AvgIpc) is 2.30. The summed E-state index contributed by atoms with van der Waals surface area (Å²) < 4.78 is 5.15. The molecule has 0 radical (unpaired) electrons. The van der Waals surface area contributed by atoms with Gasteiger partial charge in [-0.2, -0.15) is 0 Å². The predicted molar refractivity (Wildman–Crippen MR) is 78.4 cm³/mol. The molecule has 1 aromatic carbocycles. The van der Waals surface area contributed by atoms with Crippen molar-refractivity contribution in [3.63, 3.8) is 0 Å². The van der Waals surface area contributed by atoms with Crippen LogP contribution in [0.15, 0.2) is 18.2 Å². The molecule has 19 heavy (non-hydrogen) atoms. The fraction of sp³-hybridized carbons (Fsp3) is 0.500. The van der Waals surface area contributed by atoms with Gasteiger partial charge in [0.05, 0.1) is 23.5 Å². The molecule has 1 rings (SSSR count). The normalized spacial score (nSPS) is 11.2. The minimum atomic E-state index is -0.226. The summed E-state index contributed by atoms with van der Waals surface area (Å²) in [6.07, 6.45) is 0. The topological polar surface area (TPSA) is 67.6 Å². The first-order valence-corrected chi connectivity index (χ1v) is 6.15. The van der Waals surface area contributed by atoms with Gasteiger partial charge < -0.3 is 20.7 Å². The Bertz CT molecular complexity index is 456. The molecule has 0 aliphatic heterocycles. The number of nitrogen functional groups attached to an aromatic ring is 1. The third-order valence-corrected chi connectivity index (χ3v) is 2.68. The number of hydrogen-bond acceptors (Lipinski definition) is 4. The smallest absolute Gasteiger partial charge is 0.253 e. The molecule has 0 aliphatic rings. The average molecular weight is 265 g/mol. The van der Waals surface area contributed by atoms with Crippen LogP contribution in [0.4, 0.5) is 11.4 Å². The maximum atomic E-state index is 11.8. The van der Waals surface area contributed by atoms with Gasteiger partial charge in [-0.15, -0.1) is 0 Å². The van der Waals surface area contributed by atoms with Crippen LogP contribution < -0.4 is 11.1 Å². The number of methoxy groups -OCH3 is 1. The van der Waals surface area contributed by atoms with E-state index in [0.29, 0.717) is 17.9 Å². The van der Waals surface area contributed by atoms with Crippen molar-refractivity contribution in [2.45, 2.75) is 19.4 Å². The quantitative estimate of drug-likeness (QED) is 0.797. The molecule has 1 aromatic rings. The zero-order chi connectivity index (χ0) is 14.6. The Kier molecular flexibility index (Phi) is 4.78. The second kappa shape index (κ2) is 5.93. The van der Waals surface area contributed by atoms with E-state index in [-0.39, 0.29) is 11.4 Å². The van der Waals surface area contributed by atoms with E-state index < -0.39 is 0 Å². The van der Waals surface area contributed by atoms with Crippen LogP contribution >= 0.6 is 0 Å². The summed E-state index contributed by atoms with van der Waals surface area (Å²) in [6, 6.07) is 5.28. The number of benzene rings is 1. The van der Waals surface area contributed by atoms with Crippen molar-refractivity contribution in [3.05, 3.63) is 23.8 Å². The summed E-state index contributed by atoms with van der Waals surface area (Å²) in [6.45, 7) is 4.61. The molecule has 0 aromatic heterocycles. The minimum Gasteiger partial charge on any atom is -0.397 e. The summed E-state index contributed by atoms with van der Waals surface area (Å²) in [5.41, 5.74) is 7.70. The summed E-state index contributed by atoms with van der Waals surface area (Å²) in [5.74, 6) is -0.0607. The van der Waals surface area contributed by atoms with Crippen molar-refractivity contribution in [2.24, 2.45) is 0 Å². The number of carbonyl (C=O) groups excluding carboxylic acids is 1. The van der Waals surface area contributed by atoms with Crippen molar-refractivity contribution in [1.82, 2.24) is 4.90 Å². The first-order chi connectivity index (χ1) is 8.76. The number of anilines is 2. The van der Waals surface area contributed by atoms with Crippen molar-refractivity contribution in [1.29, 1.82) is 0 Å². The number of nitrogens with zero attached hydrogens (tertiary/aromatic N) is 1. The SMILES string of the molecule is COCC(C)(C)Nc1ccc(C(=O)N(C)C)cc1N. The lowest BCUT2D eigenvalue weighted by Crippen LogP contribution is -2.36. The van der Waals surface area contributed by atoms with Crippen molar-refractivity contribution in [3.8, 4) is 0 Å².